The molecule has 0 aliphatic carbocycles. The third-order valence-corrected chi connectivity index (χ3v) is 4.64. The molecule has 150 valence electrons. The quantitative estimate of drug-likeness (QED) is 0.584. The molecule has 0 aliphatic rings. The Kier molecular flexibility index (Phi) is 6.00. The number of alkyl halides is 3. The van der Waals surface area contributed by atoms with E-state index in [1.54, 1.807) is 6.07 Å². The Labute approximate surface area is 173 Å². The van der Waals surface area contributed by atoms with Gasteiger partial charge in [0, 0.05) is 11.2 Å². The summed E-state index contributed by atoms with van der Waals surface area (Å²) >= 11 is 11.9. The van der Waals surface area contributed by atoms with Crippen molar-refractivity contribution in [3.8, 4) is 0 Å². The van der Waals surface area contributed by atoms with Crippen LogP contribution in [0.1, 0.15) is 21.5 Å². The highest BCUT2D eigenvalue weighted by Gasteiger charge is 2.29. The average Bonchev–Trinajstić information content (AvgIpc) is 2.66. The van der Waals surface area contributed by atoms with Gasteiger partial charge in [0.05, 0.1) is 22.8 Å². The lowest BCUT2D eigenvalue weighted by Gasteiger charge is -2.11. The number of carbonyl (C=O) groups excluding carboxylic acids is 1. The molecule has 3 rings (SSSR count). The maximum absolute atomic E-state index is 12.7. The molecule has 1 heterocycles. The lowest BCUT2D eigenvalue weighted by atomic mass is 10.1. The Balaban J connectivity index is 1.83. The van der Waals surface area contributed by atoms with Crippen molar-refractivity contribution in [2.24, 2.45) is 0 Å². The maximum Gasteiger partial charge on any atom is 0.416 e. The first-order chi connectivity index (χ1) is 13.6. The molecule has 0 fully saturated rings. The van der Waals surface area contributed by atoms with Crippen molar-refractivity contribution >= 4 is 34.8 Å². The van der Waals surface area contributed by atoms with Crippen LogP contribution in [0.2, 0.25) is 10.0 Å². The third kappa shape index (κ3) is 4.99. The molecule has 29 heavy (non-hydrogen) atoms. The van der Waals surface area contributed by atoms with E-state index in [1.165, 1.54) is 47.2 Å². The number of benzene rings is 2. The molecule has 1 amide bonds. The van der Waals surface area contributed by atoms with E-state index in [4.69, 9.17) is 23.2 Å². The number of amides is 1. The van der Waals surface area contributed by atoms with Crippen molar-refractivity contribution in [3.05, 3.63) is 97.9 Å². The van der Waals surface area contributed by atoms with E-state index in [2.05, 4.69) is 5.32 Å². The molecule has 0 spiro atoms. The third-order valence-electron chi connectivity index (χ3n) is 4.08. The summed E-state index contributed by atoms with van der Waals surface area (Å²) in [5.41, 5.74) is -0.782. The van der Waals surface area contributed by atoms with Gasteiger partial charge in [-0.15, -0.1) is 0 Å². The molecule has 9 heteroatoms. The number of nitrogens with one attached hydrogen (secondary N) is 1. The van der Waals surface area contributed by atoms with E-state index in [1.807, 2.05) is 0 Å². The first kappa shape index (κ1) is 21.0. The van der Waals surface area contributed by atoms with Gasteiger partial charge >= 0.3 is 6.18 Å². The minimum absolute atomic E-state index is 0.00993. The largest absolute Gasteiger partial charge is 0.416 e. The first-order valence-electron chi connectivity index (χ1n) is 8.27. The van der Waals surface area contributed by atoms with Crippen LogP contribution in [-0.2, 0) is 12.7 Å². The highest BCUT2D eigenvalue weighted by atomic mass is 35.5. The molecular weight excluding hydrogens is 428 g/mol. The van der Waals surface area contributed by atoms with Gasteiger partial charge in [0.2, 0.25) is 0 Å². The van der Waals surface area contributed by atoms with Gasteiger partial charge in [-0.2, -0.15) is 13.2 Å². The van der Waals surface area contributed by atoms with Crippen molar-refractivity contribution in [2.45, 2.75) is 12.7 Å². The fourth-order valence-corrected chi connectivity index (χ4v) is 2.95. The highest BCUT2D eigenvalue weighted by Crippen LogP contribution is 2.29. The van der Waals surface area contributed by atoms with Gasteiger partial charge in [0.15, 0.2) is 0 Å². The summed E-state index contributed by atoms with van der Waals surface area (Å²) in [6, 6.07) is 11.8. The van der Waals surface area contributed by atoms with Gasteiger partial charge in [0.25, 0.3) is 11.5 Å². The number of aromatic nitrogens is 1. The molecule has 4 nitrogen and oxygen atoms in total. The summed E-state index contributed by atoms with van der Waals surface area (Å²) in [5, 5.41) is 3.14. The summed E-state index contributed by atoms with van der Waals surface area (Å²) in [5.74, 6) is -0.680. The molecule has 1 aromatic heterocycles. The van der Waals surface area contributed by atoms with Gasteiger partial charge in [-0.1, -0.05) is 35.3 Å². The Morgan fingerprint density at radius 3 is 2.38 bits per heavy atom. The molecule has 0 unspecified atom stereocenters. The number of rotatable bonds is 4. The Morgan fingerprint density at radius 2 is 1.72 bits per heavy atom. The highest BCUT2D eigenvalue weighted by molar-refractivity contribution is 6.35. The van der Waals surface area contributed by atoms with Gasteiger partial charge in [0.1, 0.15) is 5.56 Å². The maximum atomic E-state index is 12.7. The van der Waals surface area contributed by atoms with Crippen LogP contribution < -0.4 is 10.9 Å². The summed E-state index contributed by atoms with van der Waals surface area (Å²) in [6.07, 6.45) is -2.99. The lowest BCUT2D eigenvalue weighted by Crippen LogP contribution is -2.29. The first-order valence-corrected chi connectivity index (χ1v) is 9.03. The SMILES string of the molecule is O=C(Nc1cc(Cl)ccc1Cl)c1cccn(Cc2ccc(C(F)(F)F)cc2)c1=O. The van der Waals surface area contributed by atoms with Crippen molar-refractivity contribution < 1.29 is 18.0 Å². The number of hydrogen-bond acceptors (Lipinski definition) is 2. The molecule has 0 aliphatic heterocycles. The fourth-order valence-electron chi connectivity index (χ4n) is 2.61. The topological polar surface area (TPSA) is 51.1 Å². The van der Waals surface area contributed by atoms with Crippen LogP contribution in [0, 0.1) is 0 Å². The summed E-state index contributed by atoms with van der Waals surface area (Å²) < 4.78 is 39.2. The van der Waals surface area contributed by atoms with Crippen LogP contribution in [0.4, 0.5) is 18.9 Å². The van der Waals surface area contributed by atoms with E-state index in [0.717, 1.165) is 12.1 Å². The van der Waals surface area contributed by atoms with Crippen molar-refractivity contribution in [2.75, 3.05) is 5.32 Å². The van der Waals surface area contributed by atoms with Crippen LogP contribution in [0.15, 0.2) is 65.6 Å². The molecule has 2 aromatic carbocycles. The number of pyridine rings is 1. The van der Waals surface area contributed by atoms with Crippen LogP contribution in [-0.4, -0.2) is 10.5 Å². The second-order valence-electron chi connectivity index (χ2n) is 6.13. The summed E-state index contributed by atoms with van der Waals surface area (Å²) in [4.78, 5) is 25.2. The molecule has 3 aromatic rings. The number of anilines is 1. The lowest BCUT2D eigenvalue weighted by molar-refractivity contribution is -0.137. The molecule has 0 saturated carbocycles. The minimum atomic E-state index is -4.44. The Bertz CT molecular complexity index is 1110. The molecule has 1 N–H and O–H groups in total. The van der Waals surface area contributed by atoms with Gasteiger partial charge < -0.3 is 9.88 Å². The number of halogens is 5. The van der Waals surface area contributed by atoms with Gasteiger partial charge in [-0.25, -0.2) is 0 Å². The van der Waals surface area contributed by atoms with E-state index < -0.39 is 23.2 Å². The average molecular weight is 441 g/mol. The van der Waals surface area contributed by atoms with Crippen molar-refractivity contribution in [1.29, 1.82) is 0 Å². The monoisotopic (exact) mass is 440 g/mol. The van der Waals surface area contributed by atoms with Crippen LogP contribution in [0.25, 0.3) is 0 Å². The van der Waals surface area contributed by atoms with Crippen LogP contribution in [0.5, 0.6) is 0 Å². The zero-order valence-electron chi connectivity index (χ0n) is 14.6. The predicted octanol–water partition coefficient (Wildman–Crippen LogP) is 5.47. The van der Waals surface area contributed by atoms with Gasteiger partial charge in [-0.05, 0) is 48.0 Å². The zero-order valence-corrected chi connectivity index (χ0v) is 16.1. The molecule has 0 radical (unpaired) electrons. The van der Waals surface area contributed by atoms with E-state index >= 15 is 0 Å². The van der Waals surface area contributed by atoms with E-state index in [0.29, 0.717) is 10.6 Å². The molecule has 0 saturated heterocycles. The predicted molar refractivity (Wildman–Crippen MR) is 106 cm³/mol. The fraction of sp³-hybridized carbons (Fsp3) is 0.100. The zero-order chi connectivity index (χ0) is 21.2. The van der Waals surface area contributed by atoms with E-state index in [-0.39, 0.29) is 22.8 Å². The van der Waals surface area contributed by atoms with Crippen molar-refractivity contribution in [1.82, 2.24) is 4.57 Å². The Hall–Kier alpha value is -2.77. The second kappa shape index (κ2) is 8.31. The standard InChI is InChI=1S/C20H13Cl2F3N2O2/c21-14-7-8-16(22)17(10-14)26-18(28)15-2-1-9-27(19(15)29)11-12-3-5-13(6-4-12)20(23,24)25/h1-10H,11H2,(H,26,28). The minimum Gasteiger partial charge on any atom is -0.320 e. The van der Waals surface area contributed by atoms with Crippen molar-refractivity contribution in [3.63, 3.8) is 0 Å². The van der Waals surface area contributed by atoms with Gasteiger partial charge in [-0.3, -0.25) is 9.59 Å². The van der Waals surface area contributed by atoms with Crippen LogP contribution in [0.3, 0.4) is 0 Å². The van der Waals surface area contributed by atoms with Crippen LogP contribution >= 0.6 is 23.2 Å². The number of carbonyl (C=O) groups is 1. The summed E-state index contributed by atoms with van der Waals surface area (Å²) in [6.45, 7) is 0.00993. The molecular formula is C20H13Cl2F3N2O2. The Morgan fingerprint density at radius 1 is 1.03 bits per heavy atom. The molecule has 0 atom stereocenters. The van der Waals surface area contributed by atoms with E-state index in [9.17, 15) is 22.8 Å². The second-order valence-corrected chi connectivity index (χ2v) is 6.97. The number of nitrogens with zero attached hydrogens (tertiary/aromatic N) is 1. The number of hydrogen-bond donors (Lipinski definition) is 1. The normalized spacial score (nSPS) is 11.3. The smallest absolute Gasteiger partial charge is 0.320 e. The summed E-state index contributed by atoms with van der Waals surface area (Å²) in [7, 11) is 0. The molecule has 0 bridgehead atoms.